The van der Waals surface area contributed by atoms with Crippen molar-refractivity contribution in [2.24, 2.45) is 5.10 Å². The van der Waals surface area contributed by atoms with Crippen molar-refractivity contribution in [3.05, 3.63) is 87.6 Å². The molecule has 0 aliphatic carbocycles. The summed E-state index contributed by atoms with van der Waals surface area (Å²) in [6.07, 6.45) is 1.31. The predicted octanol–water partition coefficient (Wildman–Crippen LogP) is 2.47. The van der Waals surface area contributed by atoms with Gasteiger partial charge in [-0.1, -0.05) is 35.8 Å². The van der Waals surface area contributed by atoms with Crippen LogP contribution in [0.3, 0.4) is 0 Å². The molecule has 3 aromatic carbocycles. The summed E-state index contributed by atoms with van der Waals surface area (Å²) in [5.41, 5.74) is 3.92. The lowest BCUT2D eigenvalue weighted by Gasteiger charge is -2.11. The standard InChI is InChI=1S/C23H16BBrFN3O4/c24-17-8-16(12-28-29-21(30)13-32-20-7-2-1-4-15(20)11-27)22(19(25)10-17)33-23(31)14-5-3-6-18(26)9-14/h1-10,12H,13,24H2,(H,29,30)/b28-12+. The van der Waals surface area contributed by atoms with E-state index in [0.717, 1.165) is 11.5 Å². The van der Waals surface area contributed by atoms with E-state index in [-0.39, 0.29) is 23.7 Å². The molecular weight excluding hydrogens is 492 g/mol. The summed E-state index contributed by atoms with van der Waals surface area (Å²) >= 11 is 3.35. The van der Waals surface area contributed by atoms with Gasteiger partial charge in [0, 0.05) is 5.56 Å². The molecule has 3 rings (SSSR count). The largest absolute Gasteiger partial charge is 0.482 e. The molecule has 0 aromatic heterocycles. The zero-order valence-corrected chi connectivity index (χ0v) is 18.9. The molecule has 164 valence electrons. The Morgan fingerprint density at radius 3 is 2.73 bits per heavy atom. The van der Waals surface area contributed by atoms with Crippen LogP contribution < -0.4 is 20.4 Å². The zero-order chi connectivity index (χ0) is 23.8. The van der Waals surface area contributed by atoms with Gasteiger partial charge in [-0.15, -0.1) is 0 Å². The Morgan fingerprint density at radius 1 is 1.18 bits per heavy atom. The molecule has 0 aliphatic heterocycles. The Bertz CT molecular complexity index is 1280. The molecule has 0 atom stereocenters. The first kappa shape index (κ1) is 23.7. The third-order valence-corrected chi connectivity index (χ3v) is 4.82. The zero-order valence-electron chi connectivity index (χ0n) is 17.3. The molecule has 0 aliphatic rings. The number of ether oxygens (including phenoxy) is 2. The summed E-state index contributed by atoms with van der Waals surface area (Å²) < 4.78 is 24.7. The quantitative estimate of drug-likeness (QED) is 0.174. The third kappa shape index (κ3) is 6.51. The average Bonchev–Trinajstić information content (AvgIpc) is 2.79. The van der Waals surface area contributed by atoms with Gasteiger partial charge in [0.25, 0.3) is 5.91 Å². The van der Waals surface area contributed by atoms with E-state index in [9.17, 15) is 14.0 Å². The summed E-state index contributed by atoms with van der Waals surface area (Å²) in [7, 11) is 1.83. The Labute approximate surface area is 198 Å². The molecule has 33 heavy (non-hydrogen) atoms. The first-order valence-electron chi connectivity index (χ1n) is 9.59. The van der Waals surface area contributed by atoms with Crippen LogP contribution in [0.25, 0.3) is 0 Å². The van der Waals surface area contributed by atoms with E-state index in [1.165, 1.54) is 24.4 Å². The summed E-state index contributed by atoms with van der Waals surface area (Å²) in [6, 6.07) is 17.1. The molecule has 0 saturated heterocycles. The van der Waals surface area contributed by atoms with Crippen molar-refractivity contribution in [2.75, 3.05) is 6.61 Å². The van der Waals surface area contributed by atoms with E-state index in [2.05, 4.69) is 26.5 Å². The number of amides is 1. The predicted molar refractivity (Wildman–Crippen MR) is 126 cm³/mol. The molecule has 1 amide bonds. The van der Waals surface area contributed by atoms with Crippen LogP contribution >= 0.6 is 15.9 Å². The smallest absolute Gasteiger partial charge is 0.343 e. The lowest BCUT2D eigenvalue weighted by Crippen LogP contribution is -2.25. The number of para-hydroxylation sites is 1. The molecule has 10 heteroatoms. The lowest BCUT2D eigenvalue weighted by molar-refractivity contribution is -0.123. The van der Waals surface area contributed by atoms with Gasteiger partial charge >= 0.3 is 5.97 Å². The second-order valence-corrected chi connectivity index (χ2v) is 7.61. The van der Waals surface area contributed by atoms with E-state index in [1.807, 2.05) is 13.9 Å². The summed E-state index contributed by atoms with van der Waals surface area (Å²) in [4.78, 5) is 24.5. The first-order valence-corrected chi connectivity index (χ1v) is 10.4. The number of nitrogens with zero attached hydrogens (tertiary/aromatic N) is 2. The van der Waals surface area contributed by atoms with Gasteiger partial charge in [-0.25, -0.2) is 14.6 Å². The molecule has 0 spiro atoms. The Morgan fingerprint density at radius 2 is 1.97 bits per heavy atom. The van der Waals surface area contributed by atoms with Crippen LogP contribution in [0.4, 0.5) is 4.39 Å². The number of carbonyl (C=O) groups excluding carboxylic acids is 2. The maximum absolute atomic E-state index is 13.4. The number of hydrazone groups is 1. The van der Waals surface area contributed by atoms with Crippen LogP contribution in [0.2, 0.25) is 0 Å². The van der Waals surface area contributed by atoms with Crippen molar-refractivity contribution in [1.82, 2.24) is 5.43 Å². The van der Waals surface area contributed by atoms with Gasteiger partial charge in [-0.05, 0) is 46.3 Å². The maximum atomic E-state index is 13.4. The maximum Gasteiger partial charge on any atom is 0.343 e. The summed E-state index contributed by atoms with van der Waals surface area (Å²) in [5.74, 6) is -1.41. The number of rotatable bonds is 7. The number of carbonyl (C=O) groups is 2. The Kier molecular flexibility index (Phi) is 7.94. The SMILES string of the molecule is Bc1cc(Br)c(OC(=O)c2cccc(F)c2)c(/C=N/NC(=O)COc2ccccc2C#N)c1. The second kappa shape index (κ2) is 11.1. The molecule has 0 saturated carbocycles. The second-order valence-electron chi connectivity index (χ2n) is 6.75. The highest BCUT2D eigenvalue weighted by Gasteiger charge is 2.15. The van der Waals surface area contributed by atoms with Crippen molar-refractivity contribution < 1.29 is 23.5 Å². The third-order valence-electron chi connectivity index (χ3n) is 4.23. The lowest BCUT2D eigenvalue weighted by atomic mass is 9.94. The van der Waals surface area contributed by atoms with E-state index >= 15 is 0 Å². The van der Waals surface area contributed by atoms with Crippen molar-refractivity contribution in [3.63, 3.8) is 0 Å². The molecule has 3 aromatic rings. The van der Waals surface area contributed by atoms with E-state index in [0.29, 0.717) is 15.6 Å². The molecule has 0 fully saturated rings. The number of nitrogens with one attached hydrogen (secondary N) is 1. The highest BCUT2D eigenvalue weighted by atomic mass is 79.9. The number of hydrogen-bond acceptors (Lipinski definition) is 6. The molecular formula is C23H16BBrFN3O4. The highest BCUT2D eigenvalue weighted by Crippen LogP contribution is 2.28. The number of nitriles is 1. The van der Waals surface area contributed by atoms with Crippen molar-refractivity contribution in [1.29, 1.82) is 5.26 Å². The molecule has 0 bridgehead atoms. The van der Waals surface area contributed by atoms with E-state index in [1.54, 1.807) is 36.4 Å². The Hall–Kier alpha value is -3.97. The molecule has 7 nitrogen and oxygen atoms in total. The van der Waals surface area contributed by atoms with E-state index in [4.69, 9.17) is 14.7 Å². The van der Waals surface area contributed by atoms with Crippen LogP contribution in [0.15, 0.2) is 70.2 Å². The van der Waals surface area contributed by atoms with Gasteiger partial charge in [-0.3, -0.25) is 4.79 Å². The topological polar surface area (TPSA) is 101 Å². The normalized spacial score (nSPS) is 10.5. The van der Waals surface area contributed by atoms with Gasteiger partial charge in [-0.2, -0.15) is 10.4 Å². The molecule has 0 heterocycles. The van der Waals surface area contributed by atoms with Crippen molar-refractivity contribution >= 4 is 47.3 Å². The van der Waals surface area contributed by atoms with Crippen LogP contribution in [-0.4, -0.2) is 32.5 Å². The molecule has 0 radical (unpaired) electrons. The van der Waals surface area contributed by atoms with Crippen LogP contribution in [0.1, 0.15) is 21.5 Å². The minimum absolute atomic E-state index is 0.0495. The Balaban J connectivity index is 1.69. The van der Waals surface area contributed by atoms with E-state index < -0.39 is 17.7 Å². The molecule has 0 unspecified atom stereocenters. The van der Waals surface area contributed by atoms with Crippen LogP contribution in [0.5, 0.6) is 11.5 Å². The highest BCUT2D eigenvalue weighted by molar-refractivity contribution is 9.10. The van der Waals surface area contributed by atoms with Crippen molar-refractivity contribution in [2.45, 2.75) is 0 Å². The summed E-state index contributed by atoms with van der Waals surface area (Å²) in [6.45, 7) is -0.352. The number of benzene rings is 3. The fourth-order valence-corrected chi connectivity index (χ4v) is 3.43. The molecule has 1 N–H and O–H groups in total. The average molecular weight is 508 g/mol. The fraction of sp³-hybridized carbons (Fsp3) is 0.0435. The number of esters is 1. The van der Waals surface area contributed by atoms with Gasteiger partial charge in [0.2, 0.25) is 0 Å². The van der Waals surface area contributed by atoms with Gasteiger partial charge in [0.15, 0.2) is 12.4 Å². The monoisotopic (exact) mass is 507 g/mol. The van der Waals surface area contributed by atoms with Gasteiger partial charge in [0.05, 0.1) is 21.8 Å². The van der Waals surface area contributed by atoms with Crippen molar-refractivity contribution in [3.8, 4) is 17.6 Å². The number of hydrogen-bond donors (Lipinski definition) is 1. The van der Waals surface area contributed by atoms with Gasteiger partial charge in [0.1, 0.15) is 25.5 Å². The van der Waals surface area contributed by atoms with Gasteiger partial charge < -0.3 is 9.47 Å². The summed E-state index contributed by atoms with van der Waals surface area (Å²) in [5, 5.41) is 13.0. The fourth-order valence-electron chi connectivity index (χ4n) is 2.76. The first-order chi connectivity index (χ1) is 15.9. The van der Waals surface area contributed by atoms with Crippen LogP contribution in [0, 0.1) is 17.1 Å². The van der Waals surface area contributed by atoms with Crippen LogP contribution in [-0.2, 0) is 4.79 Å². The minimum atomic E-state index is -0.748. The minimum Gasteiger partial charge on any atom is -0.482 e. The number of halogens is 2.